The minimum Gasteiger partial charge on any atom is -0.312 e. The van der Waals surface area contributed by atoms with Crippen LogP contribution in [0.3, 0.4) is 0 Å². The standard InChI is InChI=1S/C18H25N3/c1-13(2)10-19-11-15-14-6-4-5-7-17(14)20-18-8-9-21(3)12-16(15)18/h4-7,13,19H,8-12H2,1-3H3. The van der Waals surface area contributed by atoms with Crippen molar-refractivity contribution < 1.29 is 0 Å². The Morgan fingerprint density at radius 2 is 2.10 bits per heavy atom. The molecule has 0 unspecified atom stereocenters. The van der Waals surface area contributed by atoms with Gasteiger partial charge in [-0.2, -0.15) is 0 Å². The highest BCUT2D eigenvalue weighted by atomic mass is 15.1. The first-order valence-corrected chi connectivity index (χ1v) is 7.93. The number of hydrogen-bond acceptors (Lipinski definition) is 3. The van der Waals surface area contributed by atoms with E-state index in [4.69, 9.17) is 4.98 Å². The number of benzene rings is 1. The van der Waals surface area contributed by atoms with Crippen LogP contribution < -0.4 is 5.32 Å². The molecule has 1 aliphatic heterocycles. The first-order chi connectivity index (χ1) is 10.1. The Morgan fingerprint density at radius 1 is 1.29 bits per heavy atom. The van der Waals surface area contributed by atoms with Crippen LogP contribution in [0.1, 0.15) is 30.7 Å². The number of hydrogen-bond donors (Lipinski definition) is 1. The molecule has 1 N–H and O–H groups in total. The molecular weight excluding hydrogens is 258 g/mol. The normalized spacial score (nSPS) is 15.6. The average molecular weight is 283 g/mol. The summed E-state index contributed by atoms with van der Waals surface area (Å²) in [4.78, 5) is 7.29. The monoisotopic (exact) mass is 283 g/mol. The highest BCUT2D eigenvalue weighted by Gasteiger charge is 2.20. The van der Waals surface area contributed by atoms with Gasteiger partial charge in [-0.3, -0.25) is 4.98 Å². The van der Waals surface area contributed by atoms with Crippen molar-refractivity contribution in [3.63, 3.8) is 0 Å². The van der Waals surface area contributed by atoms with Gasteiger partial charge < -0.3 is 10.2 Å². The molecule has 3 rings (SSSR count). The van der Waals surface area contributed by atoms with Gasteiger partial charge in [-0.15, -0.1) is 0 Å². The Hall–Kier alpha value is -1.45. The quantitative estimate of drug-likeness (QED) is 0.935. The van der Waals surface area contributed by atoms with E-state index in [1.807, 2.05) is 0 Å². The number of nitrogens with one attached hydrogen (secondary N) is 1. The molecule has 0 fully saturated rings. The van der Waals surface area contributed by atoms with Crippen LogP contribution in [-0.4, -0.2) is 30.0 Å². The van der Waals surface area contributed by atoms with Gasteiger partial charge in [0.05, 0.1) is 5.52 Å². The molecule has 0 saturated heterocycles. The lowest BCUT2D eigenvalue weighted by Gasteiger charge is -2.27. The van der Waals surface area contributed by atoms with Crippen molar-refractivity contribution in [2.45, 2.75) is 33.4 Å². The average Bonchev–Trinajstić information content (AvgIpc) is 2.46. The van der Waals surface area contributed by atoms with E-state index in [-0.39, 0.29) is 0 Å². The van der Waals surface area contributed by atoms with Crippen LogP contribution >= 0.6 is 0 Å². The summed E-state index contributed by atoms with van der Waals surface area (Å²) in [7, 11) is 2.20. The summed E-state index contributed by atoms with van der Waals surface area (Å²) in [5.41, 5.74) is 5.33. The lowest BCUT2D eigenvalue weighted by atomic mass is 9.96. The highest BCUT2D eigenvalue weighted by Crippen LogP contribution is 2.27. The number of fused-ring (bicyclic) bond motifs is 2. The molecule has 0 bridgehead atoms. The van der Waals surface area contributed by atoms with Crippen LogP contribution in [0.4, 0.5) is 0 Å². The van der Waals surface area contributed by atoms with Gasteiger partial charge in [0.25, 0.3) is 0 Å². The zero-order valence-electron chi connectivity index (χ0n) is 13.3. The van der Waals surface area contributed by atoms with E-state index < -0.39 is 0 Å². The molecule has 21 heavy (non-hydrogen) atoms. The van der Waals surface area contributed by atoms with Crippen LogP contribution in [-0.2, 0) is 19.5 Å². The Balaban J connectivity index is 2.02. The van der Waals surface area contributed by atoms with E-state index >= 15 is 0 Å². The number of pyridine rings is 1. The third-order valence-electron chi connectivity index (χ3n) is 4.21. The third-order valence-corrected chi connectivity index (χ3v) is 4.21. The number of rotatable bonds is 4. The molecule has 0 radical (unpaired) electrons. The largest absolute Gasteiger partial charge is 0.312 e. The van der Waals surface area contributed by atoms with Gasteiger partial charge >= 0.3 is 0 Å². The van der Waals surface area contributed by atoms with Crippen molar-refractivity contribution in [3.8, 4) is 0 Å². The maximum absolute atomic E-state index is 4.90. The van der Waals surface area contributed by atoms with Crippen molar-refractivity contribution in [1.82, 2.24) is 15.2 Å². The minimum atomic E-state index is 0.677. The first kappa shape index (κ1) is 14.5. The van der Waals surface area contributed by atoms with Crippen LogP contribution in [0, 0.1) is 5.92 Å². The fourth-order valence-corrected chi connectivity index (χ4v) is 3.10. The van der Waals surface area contributed by atoms with Crippen LogP contribution in [0.25, 0.3) is 10.9 Å². The molecule has 0 aliphatic carbocycles. The van der Waals surface area contributed by atoms with E-state index in [9.17, 15) is 0 Å². The zero-order valence-corrected chi connectivity index (χ0v) is 13.3. The summed E-state index contributed by atoms with van der Waals surface area (Å²) >= 11 is 0. The fraction of sp³-hybridized carbons (Fsp3) is 0.500. The smallest absolute Gasteiger partial charge is 0.0708 e. The van der Waals surface area contributed by atoms with Crippen molar-refractivity contribution in [2.24, 2.45) is 5.92 Å². The third kappa shape index (κ3) is 3.09. The van der Waals surface area contributed by atoms with Crippen LogP contribution in [0.2, 0.25) is 0 Å². The van der Waals surface area contributed by atoms with E-state index in [1.165, 1.54) is 22.2 Å². The van der Waals surface area contributed by atoms with Crippen molar-refractivity contribution >= 4 is 10.9 Å². The summed E-state index contributed by atoms with van der Waals surface area (Å²) in [6.07, 6.45) is 1.06. The molecule has 0 amide bonds. The second kappa shape index (κ2) is 6.12. The van der Waals surface area contributed by atoms with Gasteiger partial charge in [0.1, 0.15) is 0 Å². The van der Waals surface area contributed by atoms with Crippen molar-refractivity contribution in [1.29, 1.82) is 0 Å². The van der Waals surface area contributed by atoms with E-state index in [0.717, 1.165) is 38.1 Å². The Bertz CT molecular complexity index is 634. The van der Waals surface area contributed by atoms with Crippen molar-refractivity contribution in [3.05, 3.63) is 41.1 Å². The van der Waals surface area contributed by atoms with Crippen LogP contribution in [0.5, 0.6) is 0 Å². The molecule has 0 atom stereocenters. The van der Waals surface area contributed by atoms with Gasteiger partial charge in [-0.25, -0.2) is 0 Å². The molecule has 1 aliphatic rings. The first-order valence-electron chi connectivity index (χ1n) is 7.93. The molecule has 2 aromatic rings. The molecule has 1 aromatic carbocycles. The van der Waals surface area contributed by atoms with Gasteiger partial charge in [0, 0.05) is 37.1 Å². The molecule has 0 spiro atoms. The molecule has 3 nitrogen and oxygen atoms in total. The minimum absolute atomic E-state index is 0.677. The summed E-state index contributed by atoms with van der Waals surface area (Å²) in [6.45, 7) is 8.63. The Morgan fingerprint density at radius 3 is 2.90 bits per heavy atom. The number of para-hydroxylation sites is 1. The summed E-state index contributed by atoms with van der Waals surface area (Å²) in [6, 6.07) is 8.56. The summed E-state index contributed by atoms with van der Waals surface area (Å²) in [5.74, 6) is 0.677. The topological polar surface area (TPSA) is 28.2 Å². The Labute approximate surface area is 127 Å². The van der Waals surface area contributed by atoms with E-state index in [2.05, 4.69) is 55.4 Å². The molecule has 0 saturated carbocycles. The predicted octanol–water partition coefficient (Wildman–Crippen LogP) is 2.97. The summed E-state index contributed by atoms with van der Waals surface area (Å²) in [5, 5.41) is 4.92. The molecule has 2 heterocycles. The number of likely N-dealkylation sites (N-methyl/N-ethyl adjacent to an activating group) is 1. The SMILES string of the molecule is CC(C)CNCc1c2c(nc3ccccc13)CCN(C)C2. The second-order valence-corrected chi connectivity index (χ2v) is 6.55. The molecule has 3 heteroatoms. The maximum atomic E-state index is 4.90. The van der Waals surface area contributed by atoms with Gasteiger partial charge in [-0.05, 0) is 36.7 Å². The molecule has 112 valence electrons. The molecular formula is C18H25N3. The second-order valence-electron chi connectivity index (χ2n) is 6.55. The highest BCUT2D eigenvalue weighted by molar-refractivity contribution is 5.83. The van der Waals surface area contributed by atoms with Crippen LogP contribution in [0.15, 0.2) is 24.3 Å². The lowest BCUT2D eigenvalue weighted by Crippen LogP contribution is -2.30. The number of aromatic nitrogens is 1. The lowest BCUT2D eigenvalue weighted by molar-refractivity contribution is 0.308. The maximum Gasteiger partial charge on any atom is 0.0708 e. The van der Waals surface area contributed by atoms with E-state index in [0.29, 0.717) is 5.92 Å². The zero-order chi connectivity index (χ0) is 14.8. The van der Waals surface area contributed by atoms with Gasteiger partial charge in [0.2, 0.25) is 0 Å². The van der Waals surface area contributed by atoms with E-state index in [1.54, 1.807) is 0 Å². The number of nitrogens with zero attached hydrogens (tertiary/aromatic N) is 2. The van der Waals surface area contributed by atoms with Crippen molar-refractivity contribution in [2.75, 3.05) is 20.1 Å². The predicted molar refractivity (Wildman–Crippen MR) is 88.3 cm³/mol. The Kier molecular flexibility index (Phi) is 4.22. The van der Waals surface area contributed by atoms with Gasteiger partial charge in [0.15, 0.2) is 0 Å². The fourth-order valence-electron chi connectivity index (χ4n) is 3.10. The summed E-state index contributed by atoms with van der Waals surface area (Å²) < 4.78 is 0. The molecule has 1 aromatic heterocycles. The van der Waals surface area contributed by atoms with Gasteiger partial charge in [-0.1, -0.05) is 32.0 Å².